The smallest absolute Gasteiger partial charge is 0.290 e. The number of aromatic nitrogens is 1. The first-order chi connectivity index (χ1) is 15.3. The lowest BCUT2D eigenvalue weighted by Gasteiger charge is -2.24. The third-order valence-electron chi connectivity index (χ3n) is 5.96. The summed E-state index contributed by atoms with van der Waals surface area (Å²) >= 11 is 6.14. The summed E-state index contributed by atoms with van der Waals surface area (Å²) in [6.07, 6.45) is 0.785. The van der Waals surface area contributed by atoms with Crippen molar-refractivity contribution in [3.63, 3.8) is 0 Å². The second-order valence-electron chi connectivity index (χ2n) is 8.14. The van der Waals surface area contributed by atoms with E-state index in [1.807, 2.05) is 31.2 Å². The van der Waals surface area contributed by atoms with E-state index < -0.39 is 5.91 Å². The number of hydrogen-bond acceptors (Lipinski definition) is 4. The predicted octanol–water partition coefficient (Wildman–Crippen LogP) is 6.27. The van der Waals surface area contributed by atoms with Crippen molar-refractivity contribution in [1.82, 2.24) is 4.57 Å². The number of carbonyl (C=O) groups is 1. The van der Waals surface area contributed by atoms with E-state index in [-0.39, 0.29) is 12.5 Å². The number of halogens is 1. The van der Waals surface area contributed by atoms with Gasteiger partial charge in [0.25, 0.3) is 5.91 Å². The zero-order chi connectivity index (χ0) is 23.4. The quantitative estimate of drug-likeness (QED) is 0.386. The molecule has 2 aromatic carbocycles. The highest BCUT2D eigenvalue weighted by atomic mass is 35.5. The lowest BCUT2D eigenvalue weighted by molar-refractivity contribution is -0.117. The number of nitroso groups, excluding NO2 is 1. The molecular weight excluding hydrogens is 426 g/mol. The molecule has 0 saturated carbocycles. The van der Waals surface area contributed by atoms with Crippen molar-refractivity contribution in [3.8, 4) is 11.1 Å². The summed E-state index contributed by atoms with van der Waals surface area (Å²) < 4.78 is 7.52. The Kier molecular flexibility index (Phi) is 7.69. The lowest BCUT2D eigenvalue weighted by atomic mass is 9.89. The van der Waals surface area contributed by atoms with Crippen LogP contribution in [0.3, 0.4) is 0 Å². The van der Waals surface area contributed by atoms with Crippen molar-refractivity contribution in [2.45, 2.75) is 53.1 Å². The standard InChI is InChI=1S/C25H30ClN3O3/c1-6-29-16(3)13-21-23(18-7-9-19(26)10-8-18)20(14-22(30)28-31)17(4)24(25(21)29)27-15(2)11-12-32-5/h7-10,13,15,27H,6,11-12,14H2,1-5H3. The summed E-state index contributed by atoms with van der Waals surface area (Å²) in [5.74, 6) is -0.687. The number of rotatable bonds is 9. The van der Waals surface area contributed by atoms with Crippen molar-refractivity contribution in [1.29, 1.82) is 0 Å². The highest BCUT2D eigenvalue weighted by Crippen LogP contribution is 2.42. The largest absolute Gasteiger partial charge is 0.385 e. The first kappa shape index (κ1) is 24.0. The SMILES string of the molecule is CCn1c(C)cc2c(-c3ccc(Cl)cc3)c(CC(=O)N=O)c(C)c(NC(C)CCOC)c21. The van der Waals surface area contributed by atoms with Crippen molar-refractivity contribution >= 4 is 34.1 Å². The number of nitrogens with one attached hydrogen (secondary N) is 1. The van der Waals surface area contributed by atoms with Crippen LogP contribution in [0.25, 0.3) is 22.0 Å². The zero-order valence-corrected chi connectivity index (χ0v) is 20.0. The van der Waals surface area contributed by atoms with Crippen LogP contribution >= 0.6 is 11.6 Å². The number of anilines is 1. The van der Waals surface area contributed by atoms with Crippen LogP contribution in [0, 0.1) is 18.8 Å². The number of hydrogen-bond donors (Lipinski definition) is 1. The number of methoxy groups -OCH3 is 1. The van der Waals surface area contributed by atoms with Gasteiger partial charge in [-0.1, -0.05) is 23.7 Å². The lowest BCUT2D eigenvalue weighted by Crippen LogP contribution is -2.19. The molecule has 6 nitrogen and oxygen atoms in total. The van der Waals surface area contributed by atoms with Crippen LogP contribution in [0.2, 0.25) is 5.02 Å². The third kappa shape index (κ3) is 4.71. The van der Waals surface area contributed by atoms with Crippen molar-refractivity contribution in [3.05, 3.63) is 57.1 Å². The Labute approximate surface area is 193 Å². The van der Waals surface area contributed by atoms with Crippen LogP contribution in [0.4, 0.5) is 5.69 Å². The Bertz CT molecular complexity index is 1140. The van der Waals surface area contributed by atoms with Gasteiger partial charge in [-0.3, -0.25) is 4.79 Å². The summed E-state index contributed by atoms with van der Waals surface area (Å²) in [5, 5.41) is 8.00. The fourth-order valence-corrected chi connectivity index (χ4v) is 4.49. The Balaban J connectivity index is 2.36. The van der Waals surface area contributed by atoms with E-state index in [9.17, 15) is 9.70 Å². The molecule has 1 amide bonds. The number of benzene rings is 2. The van der Waals surface area contributed by atoms with Crippen LogP contribution in [-0.4, -0.2) is 30.2 Å². The molecule has 0 bridgehead atoms. The Morgan fingerprint density at radius 1 is 1.25 bits per heavy atom. The van der Waals surface area contributed by atoms with Gasteiger partial charge in [0.1, 0.15) is 0 Å². The minimum absolute atomic E-state index is 0.0548. The maximum absolute atomic E-state index is 12.2. The number of carbonyl (C=O) groups excluding carboxylic acids is 1. The van der Waals surface area contributed by atoms with Crippen LogP contribution in [0.15, 0.2) is 35.5 Å². The second kappa shape index (κ2) is 10.3. The highest BCUT2D eigenvalue weighted by molar-refractivity contribution is 6.30. The fourth-order valence-electron chi connectivity index (χ4n) is 4.36. The molecule has 32 heavy (non-hydrogen) atoms. The fraction of sp³-hybridized carbons (Fsp3) is 0.400. The Hall–Kier alpha value is -2.70. The van der Waals surface area contributed by atoms with Gasteiger partial charge in [0.2, 0.25) is 0 Å². The summed E-state index contributed by atoms with van der Waals surface area (Å²) in [5.41, 5.74) is 6.83. The topological polar surface area (TPSA) is 72.7 Å². The molecule has 0 fully saturated rings. The van der Waals surface area contributed by atoms with E-state index in [4.69, 9.17) is 16.3 Å². The summed E-state index contributed by atoms with van der Waals surface area (Å²) in [7, 11) is 1.69. The first-order valence-electron chi connectivity index (χ1n) is 10.8. The van der Waals surface area contributed by atoms with Crippen LogP contribution in [0.5, 0.6) is 0 Å². The molecule has 3 rings (SSSR count). The minimum atomic E-state index is -0.687. The van der Waals surface area contributed by atoms with Crippen LogP contribution in [-0.2, 0) is 22.5 Å². The summed E-state index contributed by atoms with van der Waals surface area (Å²) in [6, 6.07) is 9.88. The number of fused-ring (bicyclic) bond motifs is 1. The molecule has 0 aliphatic carbocycles. The molecule has 1 N–H and O–H groups in total. The molecular formula is C25H30ClN3O3. The van der Waals surface area contributed by atoms with Gasteiger partial charge in [-0.15, -0.1) is 4.91 Å². The highest BCUT2D eigenvalue weighted by Gasteiger charge is 2.24. The molecule has 0 aliphatic heterocycles. The summed E-state index contributed by atoms with van der Waals surface area (Å²) in [4.78, 5) is 23.2. The first-order valence-corrected chi connectivity index (χ1v) is 11.2. The van der Waals surface area contributed by atoms with Gasteiger partial charge < -0.3 is 14.6 Å². The molecule has 7 heteroatoms. The molecule has 1 unspecified atom stereocenters. The van der Waals surface area contributed by atoms with E-state index in [1.54, 1.807) is 7.11 Å². The average molecular weight is 456 g/mol. The van der Waals surface area contributed by atoms with Gasteiger partial charge in [0, 0.05) is 47.6 Å². The monoisotopic (exact) mass is 455 g/mol. The Morgan fingerprint density at radius 2 is 1.94 bits per heavy atom. The third-order valence-corrected chi connectivity index (χ3v) is 6.22. The normalized spacial score (nSPS) is 12.2. The molecule has 1 atom stereocenters. The maximum Gasteiger partial charge on any atom is 0.290 e. The van der Waals surface area contributed by atoms with E-state index in [2.05, 4.69) is 41.9 Å². The maximum atomic E-state index is 12.2. The van der Waals surface area contributed by atoms with Crippen molar-refractivity contribution in [2.24, 2.45) is 5.18 Å². The molecule has 170 valence electrons. The van der Waals surface area contributed by atoms with E-state index in [0.29, 0.717) is 11.6 Å². The van der Waals surface area contributed by atoms with Gasteiger partial charge >= 0.3 is 0 Å². The summed E-state index contributed by atoms with van der Waals surface area (Å²) in [6.45, 7) is 9.77. The van der Waals surface area contributed by atoms with E-state index in [0.717, 1.165) is 57.5 Å². The molecule has 0 spiro atoms. The van der Waals surface area contributed by atoms with Gasteiger partial charge in [-0.25, -0.2) is 0 Å². The van der Waals surface area contributed by atoms with Crippen molar-refractivity contribution < 1.29 is 9.53 Å². The molecule has 1 heterocycles. The molecule has 3 aromatic rings. The van der Waals surface area contributed by atoms with E-state index in [1.165, 1.54) is 0 Å². The molecule has 1 aromatic heterocycles. The van der Waals surface area contributed by atoms with Crippen molar-refractivity contribution in [2.75, 3.05) is 19.0 Å². The predicted molar refractivity (Wildman–Crippen MR) is 132 cm³/mol. The molecule has 0 aliphatic rings. The molecule has 0 radical (unpaired) electrons. The number of amides is 1. The number of aryl methyl sites for hydroxylation is 2. The minimum Gasteiger partial charge on any atom is -0.385 e. The van der Waals surface area contributed by atoms with Crippen LogP contribution in [0.1, 0.15) is 37.1 Å². The van der Waals surface area contributed by atoms with Gasteiger partial charge in [0.15, 0.2) is 0 Å². The van der Waals surface area contributed by atoms with Gasteiger partial charge in [0.05, 0.1) is 17.6 Å². The zero-order valence-electron chi connectivity index (χ0n) is 19.3. The number of nitrogens with zero attached hydrogens (tertiary/aromatic N) is 2. The van der Waals surface area contributed by atoms with Gasteiger partial charge in [-0.05, 0) is 74.6 Å². The molecule has 0 saturated heterocycles. The number of ether oxygens (including phenoxy) is 1. The second-order valence-corrected chi connectivity index (χ2v) is 8.58. The van der Waals surface area contributed by atoms with Crippen LogP contribution < -0.4 is 5.32 Å². The van der Waals surface area contributed by atoms with E-state index >= 15 is 0 Å². The average Bonchev–Trinajstić information content (AvgIpc) is 3.11. The van der Waals surface area contributed by atoms with Gasteiger partial charge in [-0.2, -0.15) is 0 Å². The Morgan fingerprint density at radius 3 is 2.53 bits per heavy atom.